The van der Waals surface area contributed by atoms with Gasteiger partial charge in [-0.15, -0.1) is 11.3 Å². The molecule has 142 valence electrons. The van der Waals surface area contributed by atoms with Crippen molar-refractivity contribution in [3.63, 3.8) is 0 Å². The summed E-state index contributed by atoms with van der Waals surface area (Å²) in [6, 6.07) is 11.2. The molecule has 1 aromatic carbocycles. The number of alkyl halides is 3. The Balaban J connectivity index is 1.39. The summed E-state index contributed by atoms with van der Waals surface area (Å²) in [5.74, 6) is 0.750. The van der Waals surface area contributed by atoms with Crippen molar-refractivity contribution >= 4 is 27.2 Å². The van der Waals surface area contributed by atoms with Gasteiger partial charge >= 0.3 is 6.18 Å². The smallest absolute Gasteiger partial charge is 0.324 e. The molecular weight excluding hydrogens is 371 g/mol. The third kappa shape index (κ3) is 3.80. The molecule has 0 bridgehead atoms. The minimum atomic E-state index is -4.31. The number of piperazine rings is 1. The number of aromatic amines is 1. The number of rotatable bonds is 3. The van der Waals surface area contributed by atoms with E-state index in [1.54, 1.807) is 0 Å². The van der Waals surface area contributed by atoms with Crippen LogP contribution in [0.15, 0.2) is 42.6 Å². The van der Waals surface area contributed by atoms with Gasteiger partial charge < -0.3 is 4.90 Å². The van der Waals surface area contributed by atoms with Gasteiger partial charge in [0.15, 0.2) is 0 Å². The minimum Gasteiger partial charge on any atom is -0.324 e. The van der Waals surface area contributed by atoms with Crippen molar-refractivity contribution in [2.24, 2.45) is 0 Å². The first-order chi connectivity index (χ1) is 12.9. The molecule has 2 aromatic heterocycles. The number of nitrogens with one attached hydrogen (secondary N) is 2. The van der Waals surface area contributed by atoms with Gasteiger partial charge in [-0.25, -0.2) is 4.98 Å². The fraction of sp³-hybridized carbons (Fsp3) is 0.350. The van der Waals surface area contributed by atoms with Crippen LogP contribution in [0.5, 0.6) is 0 Å². The van der Waals surface area contributed by atoms with E-state index in [0.717, 1.165) is 50.8 Å². The van der Waals surface area contributed by atoms with Gasteiger partial charge in [0, 0.05) is 10.8 Å². The normalized spacial score (nSPS) is 16.2. The maximum Gasteiger partial charge on any atom is 0.419 e. The van der Waals surface area contributed by atoms with Crippen LogP contribution in [0.1, 0.15) is 16.0 Å². The topological polar surface area (TPSA) is 21.8 Å². The third-order valence-corrected chi connectivity index (χ3v) is 6.56. The van der Waals surface area contributed by atoms with Gasteiger partial charge in [0.1, 0.15) is 38.9 Å². The monoisotopic (exact) mass is 393 g/mol. The van der Waals surface area contributed by atoms with Crippen molar-refractivity contribution in [1.29, 1.82) is 0 Å². The van der Waals surface area contributed by atoms with Crippen LogP contribution in [0.3, 0.4) is 0 Å². The molecule has 27 heavy (non-hydrogen) atoms. The Bertz CT molecular complexity index is 926. The van der Waals surface area contributed by atoms with E-state index in [2.05, 4.69) is 41.1 Å². The van der Waals surface area contributed by atoms with E-state index in [0.29, 0.717) is 0 Å². The zero-order valence-electron chi connectivity index (χ0n) is 15.1. The molecule has 1 saturated heterocycles. The second-order valence-electron chi connectivity index (χ2n) is 7.02. The highest BCUT2D eigenvalue weighted by Crippen LogP contribution is 2.30. The van der Waals surface area contributed by atoms with Gasteiger partial charge in [0.2, 0.25) is 0 Å². The average molecular weight is 393 g/mol. The standard InChI is InChI=1S/C20H20F3N3S/c1-14-16-4-2-3-5-17(16)27-18(14)13-25-8-10-26(11-9-25)19-7-6-15(12-24-19)20(21,22)23/h2-7,12H,8-11,13H2,1H3/p+2. The lowest BCUT2D eigenvalue weighted by Gasteiger charge is -2.28. The second kappa shape index (κ2) is 7.13. The highest BCUT2D eigenvalue weighted by atomic mass is 32.1. The van der Waals surface area contributed by atoms with Gasteiger partial charge in [0.05, 0.1) is 10.4 Å². The van der Waals surface area contributed by atoms with Gasteiger partial charge in [-0.1, -0.05) is 18.2 Å². The number of halogens is 3. The highest BCUT2D eigenvalue weighted by molar-refractivity contribution is 7.19. The molecule has 0 atom stereocenters. The lowest BCUT2D eigenvalue weighted by atomic mass is 10.1. The summed E-state index contributed by atoms with van der Waals surface area (Å²) >= 11 is 1.87. The first-order valence-electron chi connectivity index (χ1n) is 9.06. The van der Waals surface area contributed by atoms with Gasteiger partial charge in [-0.05, 0) is 30.0 Å². The van der Waals surface area contributed by atoms with E-state index in [1.165, 1.54) is 31.5 Å². The van der Waals surface area contributed by atoms with E-state index >= 15 is 0 Å². The number of thiophene rings is 1. The number of hydrogen-bond acceptors (Lipinski definition) is 2. The number of anilines is 1. The lowest BCUT2D eigenvalue weighted by molar-refractivity contribution is -0.914. The minimum absolute atomic E-state index is 0.643. The summed E-state index contributed by atoms with van der Waals surface area (Å²) in [7, 11) is 0. The average Bonchev–Trinajstić information content (AvgIpc) is 2.98. The summed E-state index contributed by atoms with van der Waals surface area (Å²) in [6.07, 6.45) is -3.25. The summed E-state index contributed by atoms with van der Waals surface area (Å²) < 4.78 is 39.4. The molecule has 7 heteroatoms. The number of fused-ring (bicyclic) bond motifs is 1. The largest absolute Gasteiger partial charge is 0.419 e. The summed E-state index contributed by atoms with van der Waals surface area (Å²) in [4.78, 5) is 7.88. The van der Waals surface area contributed by atoms with Crippen molar-refractivity contribution in [2.75, 3.05) is 31.1 Å². The van der Waals surface area contributed by atoms with Crippen molar-refractivity contribution in [3.8, 4) is 0 Å². The van der Waals surface area contributed by atoms with Crippen molar-refractivity contribution in [2.45, 2.75) is 19.6 Å². The molecule has 1 fully saturated rings. The molecule has 3 nitrogen and oxygen atoms in total. The molecular formula is C20H22F3N3S+2. The lowest BCUT2D eigenvalue weighted by Crippen LogP contribution is -3.13. The van der Waals surface area contributed by atoms with Gasteiger partial charge in [0.25, 0.3) is 5.82 Å². The van der Waals surface area contributed by atoms with Crippen LogP contribution in [0.25, 0.3) is 10.1 Å². The van der Waals surface area contributed by atoms with Crippen LogP contribution in [0, 0.1) is 6.92 Å². The number of hydrogen-bond donors (Lipinski definition) is 1. The maximum absolute atomic E-state index is 12.7. The van der Waals surface area contributed by atoms with Crippen molar-refractivity contribution < 1.29 is 23.1 Å². The van der Waals surface area contributed by atoms with Crippen molar-refractivity contribution in [3.05, 3.63) is 58.6 Å². The molecule has 1 aliphatic rings. The Morgan fingerprint density at radius 1 is 1.11 bits per heavy atom. The summed E-state index contributed by atoms with van der Waals surface area (Å²) in [6.45, 7) is 6.82. The number of H-pyrrole nitrogens is 1. The Labute approximate surface area is 160 Å². The molecule has 0 radical (unpaired) electrons. The third-order valence-electron chi connectivity index (χ3n) is 5.29. The predicted molar refractivity (Wildman–Crippen MR) is 101 cm³/mol. The van der Waals surface area contributed by atoms with Crippen molar-refractivity contribution in [1.82, 2.24) is 0 Å². The molecule has 4 rings (SSSR count). The molecule has 0 unspecified atom stereocenters. The number of pyridine rings is 1. The molecule has 3 heterocycles. The molecule has 0 saturated carbocycles. The summed E-state index contributed by atoms with van der Waals surface area (Å²) in [5.41, 5.74) is 0.734. The molecule has 0 spiro atoms. The Morgan fingerprint density at radius 2 is 1.85 bits per heavy atom. The zero-order chi connectivity index (χ0) is 19.0. The fourth-order valence-electron chi connectivity index (χ4n) is 3.65. The van der Waals surface area contributed by atoms with Gasteiger partial charge in [-0.2, -0.15) is 13.2 Å². The van der Waals surface area contributed by atoms with E-state index in [9.17, 15) is 13.2 Å². The molecule has 0 amide bonds. The Kier molecular flexibility index (Phi) is 4.82. The predicted octanol–water partition coefficient (Wildman–Crippen LogP) is 2.95. The summed E-state index contributed by atoms with van der Waals surface area (Å²) in [5, 5.41) is 1.34. The first-order valence-corrected chi connectivity index (χ1v) is 9.88. The first kappa shape index (κ1) is 18.3. The molecule has 2 N–H and O–H groups in total. The molecule has 3 aromatic rings. The molecule has 0 aliphatic carbocycles. The van der Waals surface area contributed by atoms with Gasteiger partial charge in [-0.3, -0.25) is 4.90 Å². The van der Waals surface area contributed by atoms with E-state index in [4.69, 9.17) is 0 Å². The Hall–Kier alpha value is -2.12. The van der Waals surface area contributed by atoms with Crippen LogP contribution in [-0.4, -0.2) is 26.2 Å². The zero-order valence-corrected chi connectivity index (χ0v) is 15.9. The number of aryl methyl sites for hydroxylation is 1. The Morgan fingerprint density at radius 3 is 2.48 bits per heavy atom. The number of aromatic nitrogens is 1. The van der Waals surface area contributed by atoms with Crippen LogP contribution >= 0.6 is 11.3 Å². The van der Waals surface area contributed by atoms with Crippen LogP contribution in [-0.2, 0) is 12.7 Å². The number of benzene rings is 1. The van der Waals surface area contributed by atoms with Crippen LogP contribution in [0.2, 0.25) is 0 Å². The quantitative estimate of drug-likeness (QED) is 0.726. The van der Waals surface area contributed by atoms with E-state index < -0.39 is 11.7 Å². The molecule has 1 aliphatic heterocycles. The second-order valence-corrected chi connectivity index (χ2v) is 8.16. The highest BCUT2D eigenvalue weighted by Gasteiger charge is 2.33. The van der Waals surface area contributed by atoms with E-state index in [-0.39, 0.29) is 0 Å². The van der Waals surface area contributed by atoms with E-state index in [1.807, 2.05) is 11.3 Å². The van der Waals surface area contributed by atoms with Crippen LogP contribution in [0.4, 0.5) is 19.0 Å². The number of quaternary nitrogens is 1. The maximum atomic E-state index is 12.7. The van der Waals surface area contributed by atoms with Crippen LogP contribution < -0.4 is 14.8 Å². The number of nitrogens with zero attached hydrogens (tertiary/aromatic N) is 1. The fourth-order valence-corrected chi connectivity index (χ4v) is 4.93. The SMILES string of the molecule is Cc1c(C[NH+]2CCN(c3ccc(C(F)(F)F)c[nH+]3)CC2)sc2ccccc12.